The predicted molar refractivity (Wildman–Crippen MR) is 141 cm³/mol. The third-order valence-corrected chi connectivity index (χ3v) is 8.01. The fourth-order valence-electron chi connectivity index (χ4n) is 4.01. The van der Waals surface area contributed by atoms with Gasteiger partial charge in [-0.05, 0) is 62.7 Å². The highest BCUT2D eigenvalue weighted by Gasteiger charge is 2.23. The van der Waals surface area contributed by atoms with Gasteiger partial charge in [-0.15, -0.1) is 11.3 Å². The second-order valence-electron chi connectivity index (χ2n) is 8.41. The molecule has 37 heavy (non-hydrogen) atoms. The molecule has 1 aliphatic rings. The fourth-order valence-corrected chi connectivity index (χ4v) is 5.94. The van der Waals surface area contributed by atoms with Gasteiger partial charge in [-0.1, -0.05) is 24.1 Å². The predicted octanol–water partition coefficient (Wildman–Crippen LogP) is 5.74. The summed E-state index contributed by atoms with van der Waals surface area (Å²) in [4.78, 5) is 14.0. The van der Waals surface area contributed by atoms with Crippen LogP contribution in [0.1, 0.15) is 43.4 Å². The topological polar surface area (TPSA) is 112 Å². The number of nitrogens with one attached hydrogen (secondary N) is 2. The summed E-state index contributed by atoms with van der Waals surface area (Å²) < 4.78 is 56.7. The number of benzene rings is 2. The first-order valence-electron chi connectivity index (χ1n) is 11.4. The smallest absolute Gasteiger partial charge is 0.290 e. The summed E-state index contributed by atoms with van der Waals surface area (Å²) in [6, 6.07) is 6.53. The molecule has 1 saturated heterocycles. The molecule has 1 atom stereocenters. The molecule has 1 aromatic heterocycles. The average molecular weight is 573 g/mol. The molecule has 4 rings (SSSR count). The lowest BCUT2D eigenvalue weighted by Crippen LogP contribution is -2.29. The summed E-state index contributed by atoms with van der Waals surface area (Å²) in [5.41, 5.74) is 3.04. The number of thiazole rings is 1. The molecule has 200 valence electrons. The normalized spacial score (nSPS) is 14.8. The van der Waals surface area contributed by atoms with Crippen molar-refractivity contribution in [2.75, 3.05) is 23.1 Å². The van der Waals surface area contributed by atoms with E-state index in [1.165, 1.54) is 47.6 Å². The van der Waals surface area contributed by atoms with Gasteiger partial charge < -0.3 is 10.4 Å². The number of hydrogen-bond donors (Lipinski definition) is 3. The minimum atomic E-state index is -4.22. The minimum Gasteiger partial charge on any atom is -0.483 e. The maximum atomic E-state index is 14.8. The number of nitrogens with zero attached hydrogens (tertiary/aromatic N) is 2. The van der Waals surface area contributed by atoms with Crippen LogP contribution in [0.4, 0.5) is 20.3 Å². The molecule has 0 bridgehead atoms. The lowest BCUT2D eigenvalue weighted by atomic mass is 10.0. The van der Waals surface area contributed by atoms with Gasteiger partial charge in [-0.3, -0.25) is 14.4 Å². The van der Waals surface area contributed by atoms with E-state index < -0.39 is 26.8 Å². The molecular formula is C24H27ClF2N4O4S2. The Kier molecular flexibility index (Phi) is 10.2. The Morgan fingerprint density at radius 1 is 1.19 bits per heavy atom. The van der Waals surface area contributed by atoms with Crippen LogP contribution in [0.2, 0.25) is 5.02 Å². The first-order chi connectivity index (χ1) is 17.6. The van der Waals surface area contributed by atoms with Crippen molar-refractivity contribution in [1.82, 2.24) is 9.88 Å². The van der Waals surface area contributed by atoms with Gasteiger partial charge in [0, 0.05) is 17.5 Å². The molecule has 3 N–H and O–H groups in total. The van der Waals surface area contributed by atoms with Crippen molar-refractivity contribution in [1.29, 1.82) is 0 Å². The molecule has 3 aromatic rings. The summed E-state index contributed by atoms with van der Waals surface area (Å²) in [6.07, 6.45) is 3.58. The van der Waals surface area contributed by atoms with Crippen LogP contribution in [-0.2, 0) is 21.4 Å². The van der Waals surface area contributed by atoms with Gasteiger partial charge in [0.05, 0.1) is 22.3 Å². The number of carbonyl (C=O) groups is 1. The van der Waals surface area contributed by atoms with Gasteiger partial charge in [0.1, 0.15) is 16.5 Å². The van der Waals surface area contributed by atoms with Gasteiger partial charge in [0.2, 0.25) is 0 Å². The molecule has 0 radical (unpaired) electrons. The van der Waals surface area contributed by atoms with Crippen molar-refractivity contribution in [3.8, 4) is 0 Å². The van der Waals surface area contributed by atoms with E-state index in [4.69, 9.17) is 21.5 Å². The van der Waals surface area contributed by atoms with E-state index in [1.54, 1.807) is 13.0 Å². The molecule has 1 unspecified atom stereocenters. The van der Waals surface area contributed by atoms with Crippen molar-refractivity contribution >= 4 is 50.9 Å². The van der Waals surface area contributed by atoms with Crippen molar-refractivity contribution in [3.05, 3.63) is 69.0 Å². The number of carboxylic acid groups (broad SMARTS) is 1. The summed E-state index contributed by atoms with van der Waals surface area (Å²) in [6.45, 7) is 4.30. The van der Waals surface area contributed by atoms with Crippen LogP contribution >= 0.6 is 22.9 Å². The number of piperidine rings is 1. The Hall–Kier alpha value is -2.80. The number of likely N-dealkylation sites (tertiary alicyclic amines) is 1. The zero-order valence-electron chi connectivity index (χ0n) is 20.0. The van der Waals surface area contributed by atoms with Crippen molar-refractivity contribution in [2.45, 2.75) is 43.7 Å². The Balaban J connectivity index is 0.00000121. The van der Waals surface area contributed by atoms with E-state index in [1.807, 2.05) is 6.07 Å². The largest absolute Gasteiger partial charge is 0.483 e. The van der Waals surface area contributed by atoms with Crippen LogP contribution in [0.25, 0.3) is 0 Å². The highest BCUT2D eigenvalue weighted by molar-refractivity contribution is 7.92. The maximum absolute atomic E-state index is 14.8. The lowest BCUT2D eigenvalue weighted by Gasteiger charge is -2.27. The molecule has 0 aliphatic carbocycles. The molecule has 0 saturated carbocycles. The molecule has 1 aliphatic heterocycles. The van der Waals surface area contributed by atoms with E-state index in [0.717, 1.165) is 37.3 Å². The SMILES string of the molecule is CC(Nc1cc(F)c(S(=O)(=O)Nc2cscn2)cc1Cl)c1cc(CN2CCCCC2)ccc1F.O=CO. The van der Waals surface area contributed by atoms with Gasteiger partial charge >= 0.3 is 0 Å². The molecule has 0 amide bonds. The first-order valence-corrected chi connectivity index (χ1v) is 14.2. The average Bonchev–Trinajstić information content (AvgIpc) is 3.35. The van der Waals surface area contributed by atoms with Crippen LogP contribution in [0.15, 0.2) is 46.1 Å². The van der Waals surface area contributed by atoms with Crippen molar-refractivity contribution in [2.24, 2.45) is 0 Å². The number of aromatic nitrogens is 1. The zero-order chi connectivity index (χ0) is 27.0. The van der Waals surface area contributed by atoms with E-state index in [9.17, 15) is 17.2 Å². The van der Waals surface area contributed by atoms with Crippen LogP contribution < -0.4 is 10.0 Å². The molecule has 0 spiro atoms. The number of hydrogen-bond acceptors (Lipinski definition) is 7. The van der Waals surface area contributed by atoms with E-state index in [0.29, 0.717) is 5.56 Å². The van der Waals surface area contributed by atoms with Gasteiger partial charge in [-0.25, -0.2) is 22.2 Å². The molecule has 1 fully saturated rings. The van der Waals surface area contributed by atoms with Crippen LogP contribution in [0.5, 0.6) is 0 Å². The Morgan fingerprint density at radius 2 is 1.89 bits per heavy atom. The van der Waals surface area contributed by atoms with Gasteiger partial charge in [-0.2, -0.15) is 0 Å². The maximum Gasteiger partial charge on any atom is 0.290 e. The summed E-state index contributed by atoms with van der Waals surface area (Å²) >= 11 is 7.49. The van der Waals surface area contributed by atoms with Crippen LogP contribution in [-0.4, -0.2) is 43.0 Å². The van der Waals surface area contributed by atoms with E-state index in [-0.39, 0.29) is 28.8 Å². The van der Waals surface area contributed by atoms with E-state index >= 15 is 0 Å². The number of sulfonamides is 1. The highest BCUT2D eigenvalue weighted by Crippen LogP contribution is 2.32. The second-order valence-corrected chi connectivity index (χ2v) is 11.2. The third-order valence-electron chi connectivity index (χ3n) is 5.74. The molecule has 2 aromatic carbocycles. The molecule has 8 nitrogen and oxygen atoms in total. The minimum absolute atomic E-state index is 0.00298. The van der Waals surface area contributed by atoms with E-state index in [2.05, 4.69) is 19.9 Å². The van der Waals surface area contributed by atoms with Gasteiger partial charge in [0.25, 0.3) is 16.5 Å². The number of anilines is 2. The zero-order valence-corrected chi connectivity index (χ0v) is 22.3. The highest BCUT2D eigenvalue weighted by atomic mass is 35.5. The standard InChI is InChI=1S/C23H25ClF2N4O2S2.CH2O2/c1-15(17-9-16(5-6-19(17)25)12-30-7-3-2-4-8-30)28-21-11-20(26)22(10-18(21)24)34(31,32)29-23-13-33-14-27-23;2-1-3/h5-6,9-11,13-15,28-29H,2-4,7-8,12H2,1H3;1H,(H,2,3). The quantitative estimate of drug-likeness (QED) is 0.295. The summed E-state index contributed by atoms with van der Waals surface area (Å²) in [7, 11) is -4.22. The monoisotopic (exact) mass is 572 g/mol. The summed E-state index contributed by atoms with van der Waals surface area (Å²) in [5, 5.41) is 11.4. The third kappa shape index (κ3) is 7.84. The molecule has 2 heterocycles. The molecular weight excluding hydrogens is 546 g/mol. The van der Waals surface area contributed by atoms with Crippen molar-refractivity contribution < 1.29 is 27.1 Å². The van der Waals surface area contributed by atoms with Crippen molar-refractivity contribution in [3.63, 3.8) is 0 Å². The Labute approximate surface area is 223 Å². The lowest BCUT2D eigenvalue weighted by molar-refractivity contribution is -0.122. The second kappa shape index (κ2) is 13.1. The fraction of sp³-hybridized carbons (Fsp3) is 0.333. The summed E-state index contributed by atoms with van der Waals surface area (Å²) in [5.74, 6) is -1.27. The Bertz CT molecular complexity index is 1300. The number of rotatable bonds is 8. The number of halogens is 3. The first kappa shape index (κ1) is 28.8. The van der Waals surface area contributed by atoms with Crippen LogP contribution in [0.3, 0.4) is 0 Å². The molecule has 13 heteroatoms. The van der Waals surface area contributed by atoms with Gasteiger partial charge in [0.15, 0.2) is 5.82 Å². The van der Waals surface area contributed by atoms with Crippen LogP contribution in [0, 0.1) is 11.6 Å². The Morgan fingerprint density at radius 3 is 2.54 bits per heavy atom.